The van der Waals surface area contributed by atoms with Gasteiger partial charge in [-0.2, -0.15) is 0 Å². The molecule has 1 aromatic rings. The fraction of sp³-hybridized carbons (Fsp3) is 0.632. The van der Waals surface area contributed by atoms with Crippen LogP contribution in [0.25, 0.3) is 0 Å². The van der Waals surface area contributed by atoms with E-state index in [2.05, 4.69) is 46.0 Å². The Morgan fingerprint density at radius 1 is 1.22 bits per heavy atom. The molecule has 2 atom stereocenters. The van der Waals surface area contributed by atoms with Gasteiger partial charge in [0.25, 0.3) is 0 Å². The first kappa shape index (κ1) is 18.1. The van der Waals surface area contributed by atoms with E-state index < -0.39 is 14.3 Å². The Bertz CT molecular complexity index is 553. The molecule has 1 aromatic carbocycles. The molecule has 0 aromatic heterocycles. The van der Waals surface area contributed by atoms with E-state index in [4.69, 9.17) is 4.43 Å². The summed E-state index contributed by atoms with van der Waals surface area (Å²) in [4.78, 5) is 11.4. The third-order valence-corrected chi connectivity index (χ3v) is 9.86. The summed E-state index contributed by atoms with van der Waals surface area (Å²) in [6.07, 6.45) is 2.29. The second-order valence-corrected chi connectivity index (χ2v) is 13.1. The monoisotopic (exact) mass is 334 g/mol. The molecule has 0 spiro atoms. The second-order valence-electron chi connectivity index (χ2n) is 8.42. The van der Waals surface area contributed by atoms with Crippen molar-refractivity contribution in [2.24, 2.45) is 11.8 Å². The Balaban J connectivity index is 2.17. The van der Waals surface area contributed by atoms with Gasteiger partial charge in [-0.3, -0.25) is 4.79 Å². The van der Waals surface area contributed by atoms with Crippen molar-refractivity contribution in [3.05, 3.63) is 29.8 Å². The molecule has 2 unspecified atom stereocenters. The zero-order valence-electron chi connectivity index (χ0n) is 15.2. The van der Waals surface area contributed by atoms with Gasteiger partial charge < -0.3 is 9.53 Å². The minimum absolute atomic E-state index is 0.120. The van der Waals surface area contributed by atoms with Gasteiger partial charge >= 0.3 is 5.97 Å². The summed E-state index contributed by atoms with van der Waals surface area (Å²) in [6.45, 7) is 13.0. The Labute approximate surface area is 141 Å². The zero-order chi connectivity index (χ0) is 17.4. The third kappa shape index (κ3) is 4.17. The van der Waals surface area contributed by atoms with Gasteiger partial charge in [0.2, 0.25) is 8.32 Å². The minimum atomic E-state index is -1.83. The van der Waals surface area contributed by atoms with Gasteiger partial charge in [-0.05, 0) is 60.5 Å². The first-order chi connectivity index (χ1) is 10.5. The lowest BCUT2D eigenvalue weighted by atomic mass is 9.83. The van der Waals surface area contributed by atoms with E-state index in [1.54, 1.807) is 0 Å². The van der Waals surface area contributed by atoms with Crippen molar-refractivity contribution < 1.29 is 14.3 Å². The maximum Gasteiger partial charge on any atom is 0.306 e. The molecule has 0 bridgehead atoms. The average Bonchev–Trinajstić information content (AvgIpc) is 3.23. The number of benzene rings is 1. The van der Waals surface area contributed by atoms with Crippen molar-refractivity contribution in [1.29, 1.82) is 0 Å². The first-order valence-corrected chi connectivity index (χ1v) is 11.5. The normalized spacial score (nSPS) is 18.3. The number of carbonyl (C=O) groups is 1. The summed E-state index contributed by atoms with van der Waals surface area (Å²) in [6, 6.07) is 8.15. The molecular weight excluding hydrogens is 304 g/mol. The van der Waals surface area contributed by atoms with E-state index in [0.717, 1.165) is 24.2 Å². The van der Waals surface area contributed by atoms with Crippen LogP contribution in [0.5, 0.6) is 5.75 Å². The molecule has 1 aliphatic rings. The topological polar surface area (TPSA) is 46.5 Å². The van der Waals surface area contributed by atoms with Gasteiger partial charge in [-0.25, -0.2) is 0 Å². The highest BCUT2D eigenvalue weighted by Gasteiger charge is 2.40. The number of aliphatic carboxylic acids is 1. The summed E-state index contributed by atoms with van der Waals surface area (Å²) in [5, 5.41) is 9.53. The quantitative estimate of drug-likeness (QED) is 0.719. The van der Waals surface area contributed by atoms with Crippen molar-refractivity contribution in [2.45, 2.75) is 64.6 Å². The highest BCUT2D eigenvalue weighted by Crippen LogP contribution is 2.47. The molecule has 4 heteroatoms. The number of hydrogen-bond donors (Lipinski definition) is 1. The fourth-order valence-electron chi connectivity index (χ4n) is 2.78. The maximum atomic E-state index is 11.4. The molecule has 1 fully saturated rings. The minimum Gasteiger partial charge on any atom is -0.544 e. The van der Waals surface area contributed by atoms with Gasteiger partial charge in [0.1, 0.15) is 5.75 Å². The molecule has 0 aliphatic heterocycles. The summed E-state index contributed by atoms with van der Waals surface area (Å²) in [5.41, 5.74) is 1.13. The zero-order valence-corrected chi connectivity index (χ0v) is 16.2. The summed E-state index contributed by atoms with van der Waals surface area (Å²) >= 11 is 0. The van der Waals surface area contributed by atoms with Crippen molar-refractivity contribution in [2.75, 3.05) is 0 Å². The summed E-state index contributed by atoms with van der Waals surface area (Å²) in [5.74, 6) is 0.499. The number of carboxylic acid groups (broad SMARTS) is 1. The summed E-state index contributed by atoms with van der Waals surface area (Å²) in [7, 11) is -1.83. The Morgan fingerprint density at radius 2 is 1.74 bits per heavy atom. The van der Waals surface area contributed by atoms with Crippen molar-refractivity contribution in [1.82, 2.24) is 0 Å². The van der Waals surface area contributed by atoms with Gasteiger partial charge in [0, 0.05) is 0 Å². The lowest BCUT2D eigenvalue weighted by Crippen LogP contribution is -2.43. The molecule has 0 radical (unpaired) electrons. The highest BCUT2D eigenvalue weighted by atomic mass is 28.4. The Hall–Kier alpha value is -1.29. The van der Waals surface area contributed by atoms with Crippen LogP contribution < -0.4 is 4.43 Å². The third-order valence-electron chi connectivity index (χ3n) is 5.50. The first-order valence-electron chi connectivity index (χ1n) is 8.55. The average molecular weight is 335 g/mol. The predicted molar refractivity (Wildman–Crippen MR) is 96.5 cm³/mol. The van der Waals surface area contributed by atoms with Crippen molar-refractivity contribution in [3.8, 4) is 5.75 Å². The molecule has 0 amide bonds. The van der Waals surface area contributed by atoms with E-state index in [0.29, 0.717) is 5.92 Å². The van der Waals surface area contributed by atoms with Gasteiger partial charge in [-0.15, -0.1) is 0 Å². The molecule has 1 N–H and O–H groups in total. The van der Waals surface area contributed by atoms with Gasteiger partial charge in [0.15, 0.2) is 0 Å². The SMILES string of the molecule is CC(C(=O)O)C(c1ccc(O[Si](C)(C)C(C)(C)C)cc1)C1CC1. The van der Waals surface area contributed by atoms with E-state index in [1.807, 2.05) is 19.1 Å². The Morgan fingerprint density at radius 3 is 2.13 bits per heavy atom. The fourth-order valence-corrected chi connectivity index (χ4v) is 3.82. The molecule has 2 rings (SSSR count). The second kappa shape index (κ2) is 6.31. The number of rotatable bonds is 6. The molecule has 1 aliphatic carbocycles. The molecule has 128 valence electrons. The highest BCUT2D eigenvalue weighted by molar-refractivity contribution is 6.74. The van der Waals surface area contributed by atoms with E-state index in [-0.39, 0.29) is 16.9 Å². The van der Waals surface area contributed by atoms with E-state index in [9.17, 15) is 9.90 Å². The van der Waals surface area contributed by atoms with Crippen LogP contribution in [0.4, 0.5) is 0 Å². The molecule has 3 nitrogen and oxygen atoms in total. The van der Waals surface area contributed by atoms with Crippen LogP contribution in [0.2, 0.25) is 18.1 Å². The van der Waals surface area contributed by atoms with Crippen LogP contribution in [0, 0.1) is 11.8 Å². The van der Waals surface area contributed by atoms with Crippen molar-refractivity contribution >= 4 is 14.3 Å². The lowest BCUT2D eigenvalue weighted by Gasteiger charge is -2.36. The number of carboxylic acids is 1. The number of hydrogen-bond acceptors (Lipinski definition) is 2. The van der Waals surface area contributed by atoms with Crippen LogP contribution in [0.1, 0.15) is 52.0 Å². The Kier molecular flexibility index (Phi) is 4.95. The van der Waals surface area contributed by atoms with Crippen LogP contribution in [-0.2, 0) is 4.79 Å². The predicted octanol–water partition coefficient (Wildman–Crippen LogP) is 5.28. The molecule has 1 saturated carbocycles. The molecule has 0 saturated heterocycles. The largest absolute Gasteiger partial charge is 0.544 e. The van der Waals surface area contributed by atoms with Crippen LogP contribution >= 0.6 is 0 Å². The smallest absolute Gasteiger partial charge is 0.306 e. The van der Waals surface area contributed by atoms with E-state index >= 15 is 0 Å². The standard InChI is InChI=1S/C19H30O3Si/c1-13(18(20)21)17(14-7-8-14)15-9-11-16(12-10-15)22-23(5,6)19(2,3)4/h9-14,17H,7-8H2,1-6H3,(H,20,21). The van der Waals surface area contributed by atoms with Crippen molar-refractivity contribution in [3.63, 3.8) is 0 Å². The van der Waals surface area contributed by atoms with Crippen LogP contribution in [0.15, 0.2) is 24.3 Å². The van der Waals surface area contributed by atoms with Gasteiger partial charge in [-0.1, -0.05) is 39.8 Å². The molecule has 23 heavy (non-hydrogen) atoms. The maximum absolute atomic E-state index is 11.4. The van der Waals surface area contributed by atoms with Gasteiger partial charge in [0.05, 0.1) is 5.92 Å². The summed E-state index contributed by atoms with van der Waals surface area (Å²) < 4.78 is 6.31. The molecular formula is C19H30O3Si. The van der Waals surface area contributed by atoms with E-state index in [1.165, 1.54) is 0 Å². The van der Waals surface area contributed by atoms with Crippen LogP contribution in [-0.4, -0.2) is 19.4 Å². The van der Waals surface area contributed by atoms with Crippen LogP contribution in [0.3, 0.4) is 0 Å². The lowest BCUT2D eigenvalue weighted by molar-refractivity contribution is -0.142. The molecule has 0 heterocycles.